The molecule has 3 heteroatoms. The van der Waals surface area contributed by atoms with Gasteiger partial charge in [-0.25, -0.2) is 0 Å². The van der Waals surface area contributed by atoms with E-state index < -0.39 is 0 Å². The van der Waals surface area contributed by atoms with Crippen LogP contribution in [0.3, 0.4) is 0 Å². The fraction of sp³-hybridized carbons (Fsp3) is 0.667. The second-order valence-corrected chi connectivity index (χ2v) is 6.64. The highest BCUT2D eigenvalue weighted by molar-refractivity contribution is 6.20. The Morgan fingerprint density at radius 1 is 1.10 bits per heavy atom. The standard InChI is InChI=1S/C18H25NO2/c1-3-5-6-7-8-12-13-9-10-14(12)16-15(13)17(20)19(11-4-2)18(16)21/h4,12-14H,2-3,5-11H2,1H3. The molecule has 3 aliphatic rings. The van der Waals surface area contributed by atoms with Crippen LogP contribution < -0.4 is 0 Å². The van der Waals surface area contributed by atoms with Crippen molar-refractivity contribution in [3.8, 4) is 0 Å². The second-order valence-electron chi connectivity index (χ2n) is 6.64. The Balaban J connectivity index is 1.71. The molecule has 0 saturated heterocycles. The van der Waals surface area contributed by atoms with E-state index in [-0.39, 0.29) is 11.8 Å². The number of likely N-dealkylation sites (tertiary alicyclic amines) is 1. The summed E-state index contributed by atoms with van der Waals surface area (Å²) in [6.07, 6.45) is 10.1. The van der Waals surface area contributed by atoms with Gasteiger partial charge in [-0.2, -0.15) is 0 Å². The Labute approximate surface area is 127 Å². The van der Waals surface area contributed by atoms with Crippen LogP contribution in [0.15, 0.2) is 23.8 Å². The van der Waals surface area contributed by atoms with Crippen LogP contribution in [0.4, 0.5) is 0 Å². The van der Waals surface area contributed by atoms with Gasteiger partial charge in [0.05, 0.1) is 0 Å². The average molecular weight is 287 g/mol. The van der Waals surface area contributed by atoms with Gasteiger partial charge in [-0.15, -0.1) is 6.58 Å². The lowest BCUT2D eigenvalue weighted by atomic mass is 9.87. The normalized spacial score (nSPS) is 30.5. The molecule has 2 aliphatic carbocycles. The number of fused-ring (bicyclic) bond motifs is 4. The van der Waals surface area contributed by atoms with E-state index in [1.807, 2.05) is 0 Å². The fourth-order valence-corrected chi connectivity index (χ4v) is 4.62. The molecule has 0 aromatic heterocycles. The molecule has 0 N–H and O–H groups in total. The molecule has 2 unspecified atom stereocenters. The summed E-state index contributed by atoms with van der Waals surface area (Å²) < 4.78 is 0. The Kier molecular flexibility index (Phi) is 4.01. The zero-order valence-corrected chi connectivity index (χ0v) is 12.9. The Morgan fingerprint density at radius 2 is 1.71 bits per heavy atom. The first-order valence-electron chi connectivity index (χ1n) is 8.41. The van der Waals surface area contributed by atoms with E-state index in [1.54, 1.807) is 6.08 Å². The highest BCUT2D eigenvalue weighted by Crippen LogP contribution is 2.57. The Bertz CT molecular complexity index is 471. The molecule has 1 heterocycles. The van der Waals surface area contributed by atoms with E-state index in [0.29, 0.717) is 24.3 Å². The minimum atomic E-state index is -0.0272. The topological polar surface area (TPSA) is 37.4 Å². The zero-order chi connectivity index (χ0) is 15.0. The molecule has 0 aromatic carbocycles. The van der Waals surface area contributed by atoms with Crippen molar-refractivity contribution >= 4 is 11.8 Å². The van der Waals surface area contributed by atoms with Gasteiger partial charge in [0.15, 0.2) is 0 Å². The number of imide groups is 1. The van der Waals surface area contributed by atoms with E-state index in [0.717, 1.165) is 24.0 Å². The minimum absolute atomic E-state index is 0.0272. The molecular weight excluding hydrogens is 262 g/mol. The lowest BCUT2D eigenvalue weighted by molar-refractivity contribution is -0.137. The van der Waals surface area contributed by atoms with E-state index >= 15 is 0 Å². The van der Waals surface area contributed by atoms with Gasteiger partial charge in [-0.05, 0) is 37.0 Å². The number of unbranched alkanes of at least 4 members (excludes halogenated alkanes) is 3. The van der Waals surface area contributed by atoms with Gasteiger partial charge >= 0.3 is 0 Å². The van der Waals surface area contributed by atoms with Crippen molar-refractivity contribution in [2.75, 3.05) is 6.54 Å². The summed E-state index contributed by atoms with van der Waals surface area (Å²) in [6, 6.07) is 0. The molecule has 2 atom stereocenters. The molecule has 0 aromatic rings. The molecule has 3 nitrogen and oxygen atoms in total. The maximum absolute atomic E-state index is 12.5. The maximum Gasteiger partial charge on any atom is 0.257 e. The van der Waals surface area contributed by atoms with Crippen molar-refractivity contribution in [1.29, 1.82) is 0 Å². The van der Waals surface area contributed by atoms with Crippen molar-refractivity contribution in [2.45, 2.75) is 51.9 Å². The van der Waals surface area contributed by atoms with Crippen molar-refractivity contribution in [2.24, 2.45) is 17.8 Å². The molecule has 0 radical (unpaired) electrons. The molecule has 1 saturated carbocycles. The Morgan fingerprint density at radius 3 is 2.24 bits per heavy atom. The predicted molar refractivity (Wildman–Crippen MR) is 82.4 cm³/mol. The van der Waals surface area contributed by atoms with Gasteiger partial charge in [0, 0.05) is 17.7 Å². The molecular formula is C18H25NO2. The first-order valence-corrected chi connectivity index (χ1v) is 8.41. The third kappa shape index (κ3) is 2.18. The molecule has 114 valence electrons. The monoisotopic (exact) mass is 287 g/mol. The Hall–Kier alpha value is -1.38. The lowest BCUT2D eigenvalue weighted by Gasteiger charge is -2.22. The van der Waals surface area contributed by atoms with Crippen LogP contribution in [-0.2, 0) is 9.59 Å². The van der Waals surface area contributed by atoms with Crippen LogP contribution in [0.5, 0.6) is 0 Å². The van der Waals surface area contributed by atoms with Crippen molar-refractivity contribution in [1.82, 2.24) is 4.90 Å². The number of hydrogen-bond acceptors (Lipinski definition) is 2. The summed E-state index contributed by atoms with van der Waals surface area (Å²) in [5.74, 6) is 1.22. The number of hydrogen-bond donors (Lipinski definition) is 0. The van der Waals surface area contributed by atoms with Crippen molar-refractivity contribution in [3.63, 3.8) is 0 Å². The number of rotatable bonds is 7. The lowest BCUT2D eigenvalue weighted by Crippen LogP contribution is -2.35. The van der Waals surface area contributed by atoms with Crippen LogP contribution >= 0.6 is 0 Å². The summed E-state index contributed by atoms with van der Waals surface area (Å²) in [6.45, 7) is 6.22. The van der Waals surface area contributed by atoms with Crippen LogP contribution in [0.2, 0.25) is 0 Å². The molecule has 21 heavy (non-hydrogen) atoms. The number of amides is 2. The van der Waals surface area contributed by atoms with Gasteiger partial charge < -0.3 is 0 Å². The highest BCUT2D eigenvalue weighted by Gasteiger charge is 2.56. The van der Waals surface area contributed by atoms with Gasteiger partial charge in [0.2, 0.25) is 0 Å². The largest absolute Gasteiger partial charge is 0.271 e. The average Bonchev–Trinajstić information content (AvgIpc) is 3.09. The SMILES string of the molecule is C=CCN1C(=O)C2=C(C1=O)C1CCC2C1CCCCCC. The molecule has 1 fully saturated rings. The number of carbonyl (C=O) groups is 2. The molecule has 2 amide bonds. The van der Waals surface area contributed by atoms with Crippen LogP contribution in [0.1, 0.15) is 51.9 Å². The summed E-state index contributed by atoms with van der Waals surface area (Å²) in [5.41, 5.74) is 1.75. The van der Waals surface area contributed by atoms with Crippen molar-refractivity contribution < 1.29 is 9.59 Å². The minimum Gasteiger partial charge on any atom is -0.271 e. The van der Waals surface area contributed by atoms with E-state index in [9.17, 15) is 9.59 Å². The number of nitrogens with zero attached hydrogens (tertiary/aromatic N) is 1. The van der Waals surface area contributed by atoms with E-state index in [1.165, 1.54) is 37.0 Å². The fourth-order valence-electron chi connectivity index (χ4n) is 4.62. The quantitative estimate of drug-likeness (QED) is 0.408. The van der Waals surface area contributed by atoms with E-state index in [4.69, 9.17) is 0 Å². The summed E-state index contributed by atoms with van der Waals surface area (Å²) in [5, 5.41) is 0. The summed E-state index contributed by atoms with van der Waals surface area (Å²) >= 11 is 0. The first kappa shape index (κ1) is 14.6. The van der Waals surface area contributed by atoms with Crippen LogP contribution in [0.25, 0.3) is 0 Å². The zero-order valence-electron chi connectivity index (χ0n) is 12.9. The summed E-state index contributed by atoms with van der Waals surface area (Å²) in [7, 11) is 0. The smallest absolute Gasteiger partial charge is 0.257 e. The molecule has 2 bridgehead atoms. The van der Waals surface area contributed by atoms with Crippen LogP contribution in [0, 0.1) is 17.8 Å². The highest BCUT2D eigenvalue weighted by atomic mass is 16.2. The third-order valence-corrected chi connectivity index (χ3v) is 5.51. The van der Waals surface area contributed by atoms with Gasteiger partial charge in [-0.3, -0.25) is 14.5 Å². The molecule has 1 aliphatic heterocycles. The molecule has 0 spiro atoms. The van der Waals surface area contributed by atoms with Gasteiger partial charge in [0.25, 0.3) is 11.8 Å². The maximum atomic E-state index is 12.5. The number of carbonyl (C=O) groups excluding carboxylic acids is 2. The first-order chi connectivity index (χ1) is 10.2. The predicted octanol–water partition coefficient (Wildman–Crippen LogP) is 3.46. The van der Waals surface area contributed by atoms with Crippen molar-refractivity contribution in [3.05, 3.63) is 23.8 Å². The summed E-state index contributed by atoms with van der Waals surface area (Å²) in [4.78, 5) is 26.4. The third-order valence-electron chi connectivity index (χ3n) is 5.51. The van der Waals surface area contributed by atoms with Crippen LogP contribution in [-0.4, -0.2) is 23.3 Å². The van der Waals surface area contributed by atoms with Gasteiger partial charge in [0.1, 0.15) is 0 Å². The molecule has 3 rings (SSSR count). The second kappa shape index (κ2) is 5.78. The van der Waals surface area contributed by atoms with Gasteiger partial charge in [-0.1, -0.05) is 38.7 Å². The van der Waals surface area contributed by atoms with E-state index in [2.05, 4.69) is 13.5 Å².